The van der Waals surface area contributed by atoms with E-state index in [-0.39, 0.29) is 11.9 Å². The van der Waals surface area contributed by atoms with Gasteiger partial charge in [0.05, 0.1) is 17.8 Å². The fraction of sp³-hybridized carbons (Fsp3) is 0.571. The molecular formula is C21H29N5O. The number of hydrogen-bond donors (Lipinski definition) is 2. The van der Waals surface area contributed by atoms with Gasteiger partial charge in [-0.2, -0.15) is 0 Å². The van der Waals surface area contributed by atoms with Gasteiger partial charge in [-0.3, -0.25) is 4.79 Å². The Bertz CT molecular complexity index is 822. The molecule has 1 fully saturated rings. The van der Waals surface area contributed by atoms with E-state index in [1.54, 1.807) is 0 Å². The summed E-state index contributed by atoms with van der Waals surface area (Å²) in [6, 6.07) is 6.92. The normalized spacial score (nSPS) is 18.7. The summed E-state index contributed by atoms with van der Waals surface area (Å²) in [7, 11) is 0. The molecular weight excluding hydrogens is 338 g/mol. The molecule has 6 nitrogen and oxygen atoms in total. The predicted molar refractivity (Wildman–Crippen MR) is 105 cm³/mol. The van der Waals surface area contributed by atoms with Crippen LogP contribution in [0.3, 0.4) is 0 Å². The quantitative estimate of drug-likeness (QED) is 0.872. The van der Waals surface area contributed by atoms with Gasteiger partial charge in [0, 0.05) is 0 Å². The van der Waals surface area contributed by atoms with Gasteiger partial charge in [0.2, 0.25) is 0 Å². The molecule has 0 saturated carbocycles. The molecule has 2 N–H and O–H groups in total. The summed E-state index contributed by atoms with van der Waals surface area (Å²) in [5.74, 6) is -0.141. The molecule has 1 amide bonds. The van der Waals surface area contributed by atoms with Crippen LogP contribution in [0.15, 0.2) is 18.2 Å². The summed E-state index contributed by atoms with van der Waals surface area (Å²) < 4.78 is 1.93. The van der Waals surface area contributed by atoms with Crippen LogP contribution < -0.4 is 10.6 Å². The van der Waals surface area contributed by atoms with E-state index >= 15 is 0 Å². The first-order chi connectivity index (χ1) is 13.1. The molecule has 1 aromatic heterocycles. The van der Waals surface area contributed by atoms with Crippen molar-refractivity contribution in [1.82, 2.24) is 25.6 Å². The Kier molecular flexibility index (Phi) is 5.25. The fourth-order valence-electron chi connectivity index (χ4n) is 4.32. The summed E-state index contributed by atoms with van der Waals surface area (Å²) in [5, 5.41) is 14.9. The van der Waals surface area contributed by atoms with E-state index in [0.29, 0.717) is 11.7 Å². The van der Waals surface area contributed by atoms with Crippen molar-refractivity contribution >= 4 is 5.91 Å². The summed E-state index contributed by atoms with van der Waals surface area (Å²) in [6.07, 6.45) is 6.91. The number of fused-ring (bicyclic) bond motifs is 1. The lowest BCUT2D eigenvalue weighted by atomic mass is 9.89. The summed E-state index contributed by atoms with van der Waals surface area (Å²) in [4.78, 5) is 12.8. The molecule has 0 spiro atoms. The standard InChI is InChI=1S/C21H29N5O/c1-14(17-8-7-16-5-3-4-6-18(16)13-17)23-21(27)20-15(2)26(25-24-20)19-9-11-22-12-10-19/h7-8,13-14,19,22H,3-6,9-12H2,1-2H3,(H,23,27). The van der Waals surface area contributed by atoms with E-state index in [1.807, 2.05) is 18.5 Å². The molecule has 27 heavy (non-hydrogen) atoms. The van der Waals surface area contributed by atoms with Crippen LogP contribution in [0.5, 0.6) is 0 Å². The maximum atomic E-state index is 12.8. The van der Waals surface area contributed by atoms with E-state index in [2.05, 4.69) is 39.1 Å². The molecule has 0 radical (unpaired) electrons. The average molecular weight is 367 g/mol. The van der Waals surface area contributed by atoms with Crippen molar-refractivity contribution in [1.29, 1.82) is 0 Å². The Balaban J connectivity index is 1.46. The van der Waals surface area contributed by atoms with E-state index in [9.17, 15) is 4.79 Å². The Labute approximate surface area is 160 Å². The first-order valence-corrected chi connectivity index (χ1v) is 10.2. The fourth-order valence-corrected chi connectivity index (χ4v) is 4.32. The number of hydrogen-bond acceptors (Lipinski definition) is 4. The van der Waals surface area contributed by atoms with E-state index in [4.69, 9.17) is 0 Å². The van der Waals surface area contributed by atoms with Gasteiger partial charge in [-0.15, -0.1) is 5.10 Å². The number of benzene rings is 1. The van der Waals surface area contributed by atoms with Gasteiger partial charge >= 0.3 is 0 Å². The minimum absolute atomic E-state index is 0.0480. The molecule has 1 aliphatic carbocycles. The van der Waals surface area contributed by atoms with E-state index in [0.717, 1.165) is 43.6 Å². The highest BCUT2D eigenvalue weighted by Gasteiger charge is 2.24. The first kappa shape index (κ1) is 18.2. The van der Waals surface area contributed by atoms with Crippen molar-refractivity contribution in [2.45, 2.75) is 64.5 Å². The summed E-state index contributed by atoms with van der Waals surface area (Å²) in [6.45, 7) is 5.96. The van der Waals surface area contributed by atoms with Crippen molar-refractivity contribution in [3.63, 3.8) is 0 Å². The molecule has 1 saturated heterocycles. The van der Waals surface area contributed by atoms with Crippen LogP contribution in [-0.4, -0.2) is 34.0 Å². The molecule has 2 aliphatic rings. The highest BCUT2D eigenvalue weighted by Crippen LogP contribution is 2.25. The lowest BCUT2D eigenvalue weighted by Crippen LogP contribution is -2.31. The van der Waals surface area contributed by atoms with Crippen molar-refractivity contribution in [3.8, 4) is 0 Å². The predicted octanol–water partition coefficient (Wildman–Crippen LogP) is 2.88. The highest BCUT2D eigenvalue weighted by atomic mass is 16.2. The van der Waals surface area contributed by atoms with Crippen molar-refractivity contribution < 1.29 is 4.79 Å². The molecule has 0 bridgehead atoms. The number of aromatic nitrogens is 3. The number of nitrogens with zero attached hydrogens (tertiary/aromatic N) is 3. The molecule has 2 aromatic rings. The maximum absolute atomic E-state index is 12.8. The first-order valence-electron chi connectivity index (χ1n) is 10.2. The van der Waals surface area contributed by atoms with Crippen LogP contribution in [0.2, 0.25) is 0 Å². The van der Waals surface area contributed by atoms with Crippen LogP contribution in [0.1, 0.15) is 77.6 Å². The van der Waals surface area contributed by atoms with Crippen molar-refractivity contribution in [3.05, 3.63) is 46.3 Å². The minimum Gasteiger partial charge on any atom is -0.344 e. The molecule has 144 valence electrons. The van der Waals surface area contributed by atoms with Gasteiger partial charge in [0.1, 0.15) is 0 Å². The number of piperidine rings is 1. The van der Waals surface area contributed by atoms with Crippen LogP contribution in [0.25, 0.3) is 0 Å². The Morgan fingerprint density at radius 1 is 1.22 bits per heavy atom. The third-order valence-corrected chi connectivity index (χ3v) is 6.02. The smallest absolute Gasteiger partial charge is 0.274 e. The molecule has 1 unspecified atom stereocenters. The van der Waals surface area contributed by atoms with Gasteiger partial charge in [0.15, 0.2) is 5.69 Å². The number of nitrogens with one attached hydrogen (secondary N) is 2. The number of carbonyl (C=O) groups is 1. The summed E-state index contributed by atoms with van der Waals surface area (Å²) >= 11 is 0. The van der Waals surface area contributed by atoms with Crippen LogP contribution in [0, 0.1) is 6.92 Å². The van der Waals surface area contributed by atoms with Crippen LogP contribution in [-0.2, 0) is 12.8 Å². The number of amides is 1. The number of aryl methyl sites for hydroxylation is 2. The Morgan fingerprint density at radius 2 is 1.96 bits per heavy atom. The monoisotopic (exact) mass is 367 g/mol. The number of carbonyl (C=O) groups excluding carboxylic acids is 1. The number of rotatable bonds is 4. The Hall–Kier alpha value is -2.21. The Morgan fingerprint density at radius 3 is 2.74 bits per heavy atom. The lowest BCUT2D eigenvalue weighted by molar-refractivity contribution is 0.0934. The zero-order valence-corrected chi connectivity index (χ0v) is 16.3. The van der Waals surface area contributed by atoms with Crippen LogP contribution >= 0.6 is 0 Å². The second-order valence-corrected chi connectivity index (χ2v) is 7.88. The second-order valence-electron chi connectivity index (χ2n) is 7.88. The van der Waals surface area contributed by atoms with Gasteiger partial charge in [-0.05, 0) is 82.2 Å². The summed E-state index contributed by atoms with van der Waals surface area (Å²) in [5.41, 5.74) is 5.36. The molecule has 1 atom stereocenters. The molecule has 1 aromatic carbocycles. The second kappa shape index (κ2) is 7.80. The van der Waals surface area contributed by atoms with E-state index < -0.39 is 0 Å². The maximum Gasteiger partial charge on any atom is 0.274 e. The zero-order chi connectivity index (χ0) is 18.8. The van der Waals surface area contributed by atoms with Gasteiger partial charge in [-0.1, -0.05) is 23.4 Å². The minimum atomic E-state index is -0.141. The SMILES string of the molecule is Cc1c(C(=O)NC(C)c2ccc3c(c2)CCCC3)nnn1C1CCNCC1. The van der Waals surface area contributed by atoms with Gasteiger partial charge < -0.3 is 10.6 Å². The van der Waals surface area contributed by atoms with Gasteiger partial charge in [-0.25, -0.2) is 4.68 Å². The molecule has 1 aliphatic heterocycles. The van der Waals surface area contributed by atoms with E-state index in [1.165, 1.54) is 30.4 Å². The largest absolute Gasteiger partial charge is 0.344 e. The average Bonchev–Trinajstić information content (AvgIpc) is 3.09. The van der Waals surface area contributed by atoms with Crippen molar-refractivity contribution in [2.75, 3.05) is 13.1 Å². The van der Waals surface area contributed by atoms with Gasteiger partial charge in [0.25, 0.3) is 5.91 Å². The van der Waals surface area contributed by atoms with Crippen molar-refractivity contribution in [2.24, 2.45) is 0 Å². The highest BCUT2D eigenvalue weighted by molar-refractivity contribution is 5.93. The topological polar surface area (TPSA) is 71.8 Å². The lowest BCUT2D eigenvalue weighted by Gasteiger charge is -2.23. The zero-order valence-electron chi connectivity index (χ0n) is 16.3. The molecule has 2 heterocycles. The van der Waals surface area contributed by atoms with Crippen LogP contribution in [0.4, 0.5) is 0 Å². The molecule has 4 rings (SSSR count). The third-order valence-electron chi connectivity index (χ3n) is 6.02. The third kappa shape index (κ3) is 3.76. The molecule has 6 heteroatoms.